The van der Waals surface area contributed by atoms with Crippen molar-refractivity contribution in [2.24, 2.45) is 5.41 Å². The molecule has 132 valence electrons. The zero-order valence-corrected chi connectivity index (χ0v) is 14.8. The summed E-state index contributed by atoms with van der Waals surface area (Å²) in [5, 5.41) is 9.89. The topological polar surface area (TPSA) is 96.9 Å². The van der Waals surface area contributed by atoms with Crippen molar-refractivity contribution in [1.82, 2.24) is 14.5 Å². The van der Waals surface area contributed by atoms with Gasteiger partial charge in [-0.3, -0.25) is 4.79 Å². The zero-order valence-electron chi connectivity index (χ0n) is 14.8. The smallest absolute Gasteiger partial charge is 0.274 e. The third-order valence-electron chi connectivity index (χ3n) is 4.57. The number of rotatable bonds is 4. The molecule has 6 heteroatoms. The van der Waals surface area contributed by atoms with Gasteiger partial charge in [-0.25, -0.2) is 4.98 Å². The van der Waals surface area contributed by atoms with Crippen LogP contribution in [0.2, 0.25) is 0 Å². The Bertz CT molecular complexity index is 950. The Morgan fingerprint density at radius 1 is 1.28 bits per heavy atom. The number of aliphatic hydroxyl groups is 1. The van der Waals surface area contributed by atoms with Crippen molar-refractivity contribution in [3.63, 3.8) is 0 Å². The summed E-state index contributed by atoms with van der Waals surface area (Å²) in [6, 6.07) is 9.22. The highest BCUT2D eigenvalue weighted by Crippen LogP contribution is 2.37. The third-order valence-corrected chi connectivity index (χ3v) is 4.57. The molecule has 0 fully saturated rings. The first kappa shape index (κ1) is 17.2. The van der Waals surface area contributed by atoms with E-state index in [1.807, 2.05) is 18.2 Å². The van der Waals surface area contributed by atoms with E-state index in [1.165, 1.54) is 4.57 Å². The van der Waals surface area contributed by atoms with Crippen LogP contribution >= 0.6 is 0 Å². The van der Waals surface area contributed by atoms with Crippen molar-refractivity contribution in [2.45, 2.75) is 33.2 Å². The average molecular weight is 340 g/mol. The Morgan fingerprint density at radius 2 is 2.04 bits per heavy atom. The minimum atomic E-state index is -0.230. The lowest BCUT2D eigenvalue weighted by Crippen LogP contribution is -2.23. The van der Waals surface area contributed by atoms with Crippen molar-refractivity contribution in [3.8, 4) is 0 Å². The predicted molar refractivity (Wildman–Crippen MR) is 99.6 cm³/mol. The van der Waals surface area contributed by atoms with Gasteiger partial charge in [0.2, 0.25) is 0 Å². The highest BCUT2D eigenvalue weighted by Gasteiger charge is 2.27. The number of aromatic amines is 1. The van der Waals surface area contributed by atoms with Gasteiger partial charge in [-0.2, -0.15) is 0 Å². The number of nitrogens with zero attached hydrogens (tertiary/aromatic N) is 2. The van der Waals surface area contributed by atoms with Crippen LogP contribution in [0.5, 0.6) is 0 Å². The van der Waals surface area contributed by atoms with E-state index < -0.39 is 0 Å². The summed E-state index contributed by atoms with van der Waals surface area (Å²) in [6.07, 6.45) is 1.69. The van der Waals surface area contributed by atoms with Gasteiger partial charge in [0.05, 0.1) is 29.9 Å². The second kappa shape index (κ2) is 6.37. The van der Waals surface area contributed by atoms with E-state index in [4.69, 9.17) is 5.73 Å². The van der Waals surface area contributed by atoms with Crippen LogP contribution in [0.4, 0.5) is 5.69 Å². The molecule has 4 N–H and O–H groups in total. The predicted octanol–water partition coefficient (Wildman–Crippen LogP) is 2.48. The summed E-state index contributed by atoms with van der Waals surface area (Å²) in [4.78, 5) is 20.0. The van der Waals surface area contributed by atoms with Crippen LogP contribution < -0.4 is 11.3 Å². The Morgan fingerprint density at radius 3 is 2.72 bits per heavy atom. The molecule has 0 aliphatic rings. The number of hydrogen-bond donors (Lipinski definition) is 3. The molecule has 0 aliphatic carbocycles. The highest BCUT2D eigenvalue weighted by atomic mass is 16.3. The number of nitrogens with two attached hydrogens (primary N) is 1. The minimum Gasteiger partial charge on any atom is -0.396 e. The van der Waals surface area contributed by atoms with Crippen LogP contribution in [-0.2, 0) is 6.54 Å². The fourth-order valence-electron chi connectivity index (χ4n) is 3.15. The number of nitrogens with one attached hydrogen (secondary N) is 1. The Hall–Kier alpha value is -2.60. The lowest BCUT2D eigenvalue weighted by atomic mass is 9.76. The van der Waals surface area contributed by atoms with Gasteiger partial charge in [0.15, 0.2) is 0 Å². The third kappa shape index (κ3) is 3.30. The summed E-state index contributed by atoms with van der Waals surface area (Å²) in [5.74, 6) is 0.667. The number of anilines is 1. The first-order chi connectivity index (χ1) is 11.8. The lowest BCUT2D eigenvalue weighted by molar-refractivity contribution is 0.187. The number of benzene rings is 1. The van der Waals surface area contributed by atoms with E-state index in [0.29, 0.717) is 12.4 Å². The first-order valence-electron chi connectivity index (χ1n) is 8.34. The Kier molecular flexibility index (Phi) is 4.39. The zero-order chi connectivity index (χ0) is 18.2. The summed E-state index contributed by atoms with van der Waals surface area (Å²) in [7, 11) is 0. The number of fused-ring (bicyclic) bond motifs is 1. The van der Waals surface area contributed by atoms with E-state index in [0.717, 1.165) is 16.6 Å². The van der Waals surface area contributed by atoms with Gasteiger partial charge in [0.25, 0.3) is 5.56 Å². The molecule has 0 aliphatic heterocycles. The Balaban J connectivity index is 2.05. The quantitative estimate of drug-likeness (QED) is 0.680. The molecule has 25 heavy (non-hydrogen) atoms. The minimum absolute atomic E-state index is 0.0143. The van der Waals surface area contributed by atoms with Gasteiger partial charge in [-0.15, -0.1) is 0 Å². The maximum atomic E-state index is 12.1. The summed E-state index contributed by atoms with van der Waals surface area (Å²) in [5.41, 5.74) is 8.35. The number of para-hydroxylation sites is 1. The molecule has 0 unspecified atom stereocenters. The monoisotopic (exact) mass is 340 g/mol. The second-order valence-electron chi connectivity index (χ2n) is 7.42. The molecule has 0 amide bonds. The SMILES string of the molecule is CC(C)(C)[C@@H](CO)c1cccc2nc(Cn3cccc(N)c3=O)[nH]c12. The number of nitrogen functional groups attached to an aromatic ring is 1. The molecule has 2 heterocycles. The van der Waals surface area contributed by atoms with Gasteiger partial charge < -0.3 is 20.4 Å². The molecule has 3 rings (SSSR count). The van der Waals surface area contributed by atoms with Crippen LogP contribution in [0, 0.1) is 5.41 Å². The first-order valence-corrected chi connectivity index (χ1v) is 8.34. The molecule has 0 radical (unpaired) electrons. The normalized spacial score (nSPS) is 13.3. The molecule has 0 bridgehead atoms. The lowest BCUT2D eigenvalue weighted by Gasteiger charge is -2.29. The highest BCUT2D eigenvalue weighted by molar-refractivity contribution is 5.79. The average Bonchev–Trinajstić information content (AvgIpc) is 2.94. The van der Waals surface area contributed by atoms with Crippen LogP contribution in [-0.4, -0.2) is 26.2 Å². The maximum Gasteiger partial charge on any atom is 0.274 e. The molecular weight excluding hydrogens is 316 g/mol. The van der Waals surface area contributed by atoms with E-state index in [9.17, 15) is 9.90 Å². The van der Waals surface area contributed by atoms with Gasteiger partial charge in [0.1, 0.15) is 5.82 Å². The number of aliphatic hydroxyl groups excluding tert-OH is 1. The number of hydrogen-bond acceptors (Lipinski definition) is 4. The van der Waals surface area contributed by atoms with Crippen molar-refractivity contribution in [3.05, 3.63) is 58.3 Å². The molecule has 1 aromatic carbocycles. The van der Waals surface area contributed by atoms with Gasteiger partial charge in [-0.05, 0) is 29.2 Å². The van der Waals surface area contributed by atoms with E-state index >= 15 is 0 Å². The number of aromatic nitrogens is 3. The van der Waals surface area contributed by atoms with Crippen molar-refractivity contribution in [1.29, 1.82) is 0 Å². The molecular formula is C19H24N4O2. The van der Waals surface area contributed by atoms with Crippen LogP contribution in [0.1, 0.15) is 38.1 Å². The van der Waals surface area contributed by atoms with Crippen LogP contribution in [0.15, 0.2) is 41.3 Å². The standard InChI is InChI=1S/C19H24N4O2/c1-19(2,3)13(11-24)12-6-4-8-15-17(12)22-16(21-15)10-23-9-5-7-14(20)18(23)25/h4-9,13,24H,10-11,20H2,1-3H3,(H,21,22)/t13-/m0/s1. The summed E-state index contributed by atoms with van der Waals surface area (Å²) >= 11 is 0. The fourth-order valence-corrected chi connectivity index (χ4v) is 3.15. The molecule has 0 saturated carbocycles. The van der Waals surface area contributed by atoms with Crippen molar-refractivity contribution >= 4 is 16.7 Å². The molecule has 6 nitrogen and oxygen atoms in total. The van der Waals surface area contributed by atoms with Gasteiger partial charge in [-0.1, -0.05) is 32.9 Å². The molecule has 3 aromatic rings. The molecule has 1 atom stereocenters. The number of imidazole rings is 1. The van der Waals surface area contributed by atoms with Crippen molar-refractivity contribution in [2.75, 3.05) is 12.3 Å². The molecule has 0 spiro atoms. The van der Waals surface area contributed by atoms with E-state index in [-0.39, 0.29) is 29.2 Å². The largest absolute Gasteiger partial charge is 0.396 e. The van der Waals surface area contributed by atoms with Crippen molar-refractivity contribution < 1.29 is 5.11 Å². The van der Waals surface area contributed by atoms with E-state index in [1.54, 1.807) is 18.3 Å². The van der Waals surface area contributed by atoms with E-state index in [2.05, 4.69) is 30.7 Å². The fraction of sp³-hybridized carbons (Fsp3) is 0.368. The summed E-state index contributed by atoms with van der Waals surface area (Å²) < 4.78 is 1.53. The van der Waals surface area contributed by atoms with Crippen LogP contribution in [0.25, 0.3) is 11.0 Å². The second-order valence-corrected chi connectivity index (χ2v) is 7.42. The van der Waals surface area contributed by atoms with Gasteiger partial charge >= 0.3 is 0 Å². The number of H-pyrrole nitrogens is 1. The molecule has 2 aromatic heterocycles. The Labute approximate surface area is 146 Å². The maximum absolute atomic E-state index is 12.1. The van der Waals surface area contributed by atoms with Crippen LogP contribution in [0.3, 0.4) is 0 Å². The molecule has 0 saturated heterocycles. The number of pyridine rings is 1. The summed E-state index contributed by atoms with van der Waals surface area (Å²) in [6.45, 7) is 6.70. The van der Waals surface area contributed by atoms with Gasteiger partial charge in [0, 0.05) is 12.1 Å².